The van der Waals surface area contributed by atoms with Crippen molar-refractivity contribution in [2.75, 3.05) is 43.9 Å². The molecular weight excluding hydrogens is 464 g/mol. The van der Waals surface area contributed by atoms with E-state index in [4.69, 9.17) is 4.74 Å². The molecule has 198 valence electrons. The molecule has 1 aliphatic carbocycles. The number of nitrogens with one attached hydrogen (secondary N) is 1. The van der Waals surface area contributed by atoms with E-state index in [1.807, 2.05) is 50.5 Å². The Labute approximate surface area is 220 Å². The highest BCUT2D eigenvalue weighted by Gasteiger charge is 2.42. The van der Waals surface area contributed by atoms with Crippen molar-refractivity contribution in [3.63, 3.8) is 0 Å². The Morgan fingerprint density at radius 1 is 1.03 bits per heavy atom. The first-order chi connectivity index (χ1) is 17.9. The van der Waals surface area contributed by atoms with Gasteiger partial charge in [-0.05, 0) is 80.5 Å². The molecule has 2 aromatic rings. The van der Waals surface area contributed by atoms with Crippen molar-refractivity contribution in [3.05, 3.63) is 59.7 Å². The molecular formula is C30H40N4O3. The molecule has 0 bridgehead atoms. The molecule has 3 atom stereocenters. The second-order valence-corrected chi connectivity index (χ2v) is 11.2. The van der Waals surface area contributed by atoms with Gasteiger partial charge in [-0.2, -0.15) is 0 Å². The molecule has 0 spiro atoms. The van der Waals surface area contributed by atoms with Crippen LogP contribution in [0.3, 0.4) is 0 Å². The van der Waals surface area contributed by atoms with Crippen LogP contribution in [0.5, 0.6) is 0 Å². The minimum absolute atomic E-state index is 0.104. The Kier molecular flexibility index (Phi) is 7.81. The van der Waals surface area contributed by atoms with Crippen molar-refractivity contribution >= 4 is 23.2 Å². The first-order valence-electron chi connectivity index (χ1n) is 13.7. The monoisotopic (exact) mass is 504 g/mol. The minimum Gasteiger partial charge on any atom is -0.374 e. The van der Waals surface area contributed by atoms with E-state index in [0.717, 1.165) is 43.7 Å². The molecule has 3 aliphatic rings. The van der Waals surface area contributed by atoms with E-state index in [1.165, 1.54) is 18.5 Å². The van der Waals surface area contributed by atoms with Crippen molar-refractivity contribution in [2.45, 2.75) is 63.8 Å². The van der Waals surface area contributed by atoms with Crippen molar-refractivity contribution < 1.29 is 14.3 Å². The lowest BCUT2D eigenvalue weighted by molar-refractivity contribution is -0.129. The average molecular weight is 505 g/mol. The summed E-state index contributed by atoms with van der Waals surface area (Å²) in [6, 6.07) is 16.6. The number of nitrogens with zero attached hydrogens (tertiary/aromatic N) is 3. The van der Waals surface area contributed by atoms with Crippen LogP contribution in [0.25, 0.3) is 0 Å². The summed E-state index contributed by atoms with van der Waals surface area (Å²) in [6.07, 6.45) is 5.74. The highest BCUT2D eigenvalue weighted by atomic mass is 16.5. The van der Waals surface area contributed by atoms with E-state index in [-0.39, 0.29) is 17.9 Å². The summed E-state index contributed by atoms with van der Waals surface area (Å²) in [5, 5.41) is 3.03. The first kappa shape index (κ1) is 25.7. The lowest BCUT2D eigenvalue weighted by atomic mass is 9.96. The number of anilines is 2. The maximum atomic E-state index is 12.8. The zero-order valence-corrected chi connectivity index (χ0v) is 22.4. The van der Waals surface area contributed by atoms with Crippen LogP contribution >= 0.6 is 0 Å². The molecule has 0 radical (unpaired) electrons. The predicted octanol–water partition coefficient (Wildman–Crippen LogP) is 4.39. The molecule has 2 aromatic carbocycles. The Hall–Kier alpha value is -2.90. The van der Waals surface area contributed by atoms with Crippen LogP contribution in [0, 0.1) is 5.92 Å². The molecule has 2 heterocycles. The summed E-state index contributed by atoms with van der Waals surface area (Å²) < 4.78 is 5.86. The van der Waals surface area contributed by atoms with E-state index < -0.39 is 0 Å². The largest absolute Gasteiger partial charge is 0.374 e. The van der Waals surface area contributed by atoms with Gasteiger partial charge in [0.05, 0.1) is 12.7 Å². The van der Waals surface area contributed by atoms with Gasteiger partial charge < -0.3 is 19.9 Å². The van der Waals surface area contributed by atoms with Crippen LogP contribution in [-0.2, 0) is 16.1 Å². The number of likely N-dealkylation sites (tertiary alicyclic amines) is 1. The molecule has 2 amide bonds. The zero-order valence-electron chi connectivity index (χ0n) is 22.4. The molecule has 5 rings (SSSR count). The maximum Gasteiger partial charge on any atom is 0.255 e. The molecule has 0 aromatic heterocycles. The molecule has 3 fully saturated rings. The summed E-state index contributed by atoms with van der Waals surface area (Å²) in [6.45, 7) is 5.88. The van der Waals surface area contributed by atoms with Gasteiger partial charge in [0.1, 0.15) is 0 Å². The smallest absolute Gasteiger partial charge is 0.255 e. The van der Waals surface area contributed by atoms with Gasteiger partial charge in [0.15, 0.2) is 0 Å². The van der Waals surface area contributed by atoms with E-state index in [2.05, 4.69) is 34.2 Å². The SMILES string of the molecule is CC(CC(=O)N(C)C)N1C[C@H]2CCN(c3ccc(NC(=O)c4ccc(COC5CCC5)cc4)cc3)[C@H]2C1. The summed E-state index contributed by atoms with van der Waals surface area (Å²) in [5.41, 5.74) is 3.73. The zero-order chi connectivity index (χ0) is 25.9. The second kappa shape index (κ2) is 11.2. The maximum absolute atomic E-state index is 12.8. The van der Waals surface area contributed by atoms with Crippen LogP contribution in [-0.4, -0.2) is 73.5 Å². The molecule has 1 unspecified atom stereocenters. The van der Waals surface area contributed by atoms with Gasteiger partial charge in [0, 0.05) is 69.2 Å². The van der Waals surface area contributed by atoms with E-state index >= 15 is 0 Å². The van der Waals surface area contributed by atoms with Crippen LogP contribution in [0.2, 0.25) is 0 Å². The number of rotatable bonds is 9. The predicted molar refractivity (Wildman–Crippen MR) is 147 cm³/mol. The standard InChI is InChI=1S/C30H40N4O3/c1-21(17-29(35)32(2)3)33-18-24-15-16-34(28(24)19-33)26-13-11-25(12-14-26)31-30(36)23-9-7-22(8-10-23)20-37-27-5-4-6-27/h7-14,21,24,27-28H,4-6,15-20H2,1-3H3,(H,31,36)/t21?,24-,28+/m1/s1. The van der Waals surface area contributed by atoms with Crippen LogP contribution in [0.4, 0.5) is 11.4 Å². The van der Waals surface area contributed by atoms with Gasteiger partial charge in [-0.3, -0.25) is 14.5 Å². The van der Waals surface area contributed by atoms with Gasteiger partial charge in [-0.15, -0.1) is 0 Å². The number of amides is 2. The number of hydrogen-bond donors (Lipinski definition) is 1. The lowest BCUT2D eigenvalue weighted by Gasteiger charge is -2.29. The van der Waals surface area contributed by atoms with E-state index in [9.17, 15) is 9.59 Å². The number of carbonyl (C=O) groups excluding carboxylic acids is 2. The van der Waals surface area contributed by atoms with Gasteiger partial charge >= 0.3 is 0 Å². The highest BCUT2D eigenvalue weighted by molar-refractivity contribution is 6.04. The van der Waals surface area contributed by atoms with E-state index in [1.54, 1.807) is 4.90 Å². The molecule has 2 saturated heterocycles. The number of ether oxygens (including phenoxy) is 1. The third-order valence-electron chi connectivity index (χ3n) is 8.38. The normalized spacial score (nSPS) is 22.4. The third-order valence-corrected chi connectivity index (χ3v) is 8.38. The lowest BCUT2D eigenvalue weighted by Crippen LogP contribution is -2.40. The van der Waals surface area contributed by atoms with E-state index in [0.29, 0.717) is 36.7 Å². The molecule has 1 N–H and O–H groups in total. The van der Waals surface area contributed by atoms with Crippen molar-refractivity contribution in [2.24, 2.45) is 5.92 Å². The number of benzene rings is 2. The van der Waals surface area contributed by atoms with Crippen LogP contribution in [0.15, 0.2) is 48.5 Å². The Bertz CT molecular complexity index is 1080. The van der Waals surface area contributed by atoms with Gasteiger partial charge in [-0.1, -0.05) is 12.1 Å². The fourth-order valence-electron chi connectivity index (χ4n) is 5.68. The van der Waals surface area contributed by atoms with Crippen molar-refractivity contribution in [1.29, 1.82) is 0 Å². The third kappa shape index (κ3) is 5.99. The second-order valence-electron chi connectivity index (χ2n) is 11.2. The van der Waals surface area contributed by atoms with Crippen LogP contribution in [0.1, 0.15) is 54.9 Å². The Morgan fingerprint density at radius 2 is 1.76 bits per heavy atom. The Morgan fingerprint density at radius 3 is 2.41 bits per heavy atom. The topological polar surface area (TPSA) is 65.1 Å². The van der Waals surface area contributed by atoms with Gasteiger partial charge in [0.2, 0.25) is 5.91 Å². The number of hydrogen-bond acceptors (Lipinski definition) is 5. The fraction of sp³-hybridized carbons (Fsp3) is 0.533. The number of fused-ring (bicyclic) bond motifs is 1. The summed E-state index contributed by atoms with van der Waals surface area (Å²) in [7, 11) is 3.65. The highest BCUT2D eigenvalue weighted by Crippen LogP contribution is 2.36. The minimum atomic E-state index is -0.104. The van der Waals surface area contributed by atoms with Gasteiger partial charge in [-0.25, -0.2) is 0 Å². The molecule has 37 heavy (non-hydrogen) atoms. The summed E-state index contributed by atoms with van der Waals surface area (Å²) >= 11 is 0. The number of carbonyl (C=O) groups is 2. The molecule has 2 aliphatic heterocycles. The van der Waals surface area contributed by atoms with Crippen LogP contribution < -0.4 is 10.2 Å². The quantitative estimate of drug-likeness (QED) is 0.549. The van der Waals surface area contributed by atoms with Crippen molar-refractivity contribution in [3.8, 4) is 0 Å². The molecule has 7 nitrogen and oxygen atoms in total. The first-order valence-corrected chi connectivity index (χ1v) is 13.7. The molecule has 7 heteroatoms. The molecule has 1 saturated carbocycles. The summed E-state index contributed by atoms with van der Waals surface area (Å²) in [4.78, 5) is 31.6. The fourth-order valence-corrected chi connectivity index (χ4v) is 5.68. The summed E-state index contributed by atoms with van der Waals surface area (Å²) in [5.74, 6) is 0.722. The Balaban J connectivity index is 1.14. The van der Waals surface area contributed by atoms with Gasteiger partial charge in [0.25, 0.3) is 5.91 Å². The van der Waals surface area contributed by atoms with Crippen molar-refractivity contribution in [1.82, 2.24) is 9.80 Å². The average Bonchev–Trinajstić information content (AvgIpc) is 3.45.